The van der Waals surface area contributed by atoms with Crippen LogP contribution in [-0.2, 0) is 23.8 Å². The second-order valence-electron chi connectivity index (χ2n) is 18.0. The average molecular weight is 694 g/mol. The van der Waals surface area contributed by atoms with E-state index in [2.05, 4.69) is 11.8 Å². The zero-order valence-corrected chi connectivity index (χ0v) is 30.2. The molecule has 3 saturated heterocycles. The lowest BCUT2D eigenvalue weighted by atomic mass is 9.49. The summed E-state index contributed by atoms with van der Waals surface area (Å²) in [5, 5.41) is 73.4. The van der Waals surface area contributed by atoms with Gasteiger partial charge in [0, 0.05) is 42.3 Å². The Morgan fingerprint density at radius 3 is 2.41 bits per heavy atom. The van der Waals surface area contributed by atoms with Crippen LogP contribution in [0.15, 0.2) is 0 Å². The number of piperidine rings is 2. The minimum atomic E-state index is -2.02. The Morgan fingerprint density at radius 2 is 1.76 bits per heavy atom. The van der Waals surface area contributed by atoms with E-state index in [9.17, 15) is 40.2 Å². The molecule has 12 nitrogen and oxygen atoms in total. The van der Waals surface area contributed by atoms with Gasteiger partial charge in [-0.05, 0) is 83.0 Å². The highest BCUT2D eigenvalue weighted by molar-refractivity contribution is 5.78. The molecule has 3 heterocycles. The number of carbonyl (C=O) groups excluding carboxylic acids is 2. The molecule has 278 valence electrons. The van der Waals surface area contributed by atoms with Crippen molar-refractivity contribution in [3.8, 4) is 0 Å². The molecule has 6 N–H and O–H groups in total. The fourth-order valence-electron chi connectivity index (χ4n) is 12.5. The molecule has 49 heavy (non-hydrogen) atoms. The largest absolute Gasteiger partial charge is 0.456 e. The lowest BCUT2D eigenvalue weighted by molar-refractivity contribution is -0.300. The first-order chi connectivity index (χ1) is 22.7. The molecule has 7 rings (SSSR count). The van der Waals surface area contributed by atoms with Gasteiger partial charge in [-0.1, -0.05) is 34.6 Å². The van der Waals surface area contributed by atoms with Crippen LogP contribution in [0, 0.1) is 46.8 Å². The van der Waals surface area contributed by atoms with Crippen LogP contribution in [0.5, 0.6) is 0 Å². The van der Waals surface area contributed by atoms with E-state index in [1.807, 2.05) is 13.8 Å². The maximum absolute atomic E-state index is 13.5. The van der Waals surface area contributed by atoms with Crippen LogP contribution < -0.4 is 0 Å². The maximum Gasteiger partial charge on any atom is 0.338 e. The van der Waals surface area contributed by atoms with Crippen molar-refractivity contribution in [3.05, 3.63) is 0 Å². The minimum Gasteiger partial charge on any atom is -0.456 e. The number of ether oxygens (including phenoxy) is 3. The van der Waals surface area contributed by atoms with Crippen LogP contribution >= 0.6 is 0 Å². The first kappa shape index (κ1) is 36.0. The molecule has 0 amide bonds. The van der Waals surface area contributed by atoms with Gasteiger partial charge < -0.3 is 44.8 Å². The number of nitrogens with zero attached hydrogens (tertiary/aromatic N) is 1. The molecule has 1 spiro atoms. The highest BCUT2D eigenvalue weighted by atomic mass is 16.7. The average Bonchev–Trinajstić information content (AvgIpc) is 3.31. The molecule has 3 aliphatic heterocycles. The van der Waals surface area contributed by atoms with Crippen molar-refractivity contribution in [3.63, 3.8) is 0 Å². The molecular weight excluding hydrogens is 634 g/mol. The number of rotatable bonds is 6. The van der Waals surface area contributed by atoms with E-state index in [4.69, 9.17) is 14.2 Å². The number of fused-ring (bicyclic) bond motifs is 5. The van der Waals surface area contributed by atoms with Gasteiger partial charge in [-0.3, -0.25) is 9.69 Å². The van der Waals surface area contributed by atoms with Crippen molar-refractivity contribution >= 4 is 11.9 Å². The molecule has 18 atom stereocenters. The molecule has 4 saturated carbocycles. The summed E-state index contributed by atoms with van der Waals surface area (Å²) in [6.07, 6.45) is -2.06. The summed E-state index contributed by atoms with van der Waals surface area (Å²) in [7, 11) is 0. The van der Waals surface area contributed by atoms with Gasteiger partial charge in [-0.25, -0.2) is 4.79 Å². The van der Waals surface area contributed by atoms with Crippen LogP contribution in [0.4, 0.5) is 0 Å². The third-order valence-electron chi connectivity index (χ3n) is 15.4. The van der Waals surface area contributed by atoms with Crippen LogP contribution in [0.3, 0.4) is 0 Å². The first-order valence-corrected chi connectivity index (χ1v) is 18.9. The zero-order chi connectivity index (χ0) is 35.9. The highest BCUT2D eigenvalue weighted by Crippen LogP contribution is 2.77. The SMILES string of the molecule is CC[C@@H](C)C(=O)O[C@H]1[C@H](O)[C@H]2[C@@H](CN3C[C@@H](C)CC[C@H]3[C@@]2(C)O)[C@@H]2C[C@]34O[C@@]5(O)[C@@H](OC(=O)[C@@](C)(O)CC)CC[C@@]3(C)[C@@H]5C[C@@H](O)[C@H]4[C@@]21O. The molecule has 4 aliphatic carbocycles. The van der Waals surface area contributed by atoms with Gasteiger partial charge in [0.2, 0.25) is 5.79 Å². The summed E-state index contributed by atoms with van der Waals surface area (Å²) in [5.41, 5.74) is -7.23. The van der Waals surface area contributed by atoms with Crippen LogP contribution in [0.1, 0.15) is 99.8 Å². The Morgan fingerprint density at radius 1 is 1.06 bits per heavy atom. The van der Waals surface area contributed by atoms with E-state index in [0.717, 1.165) is 19.4 Å². The zero-order valence-electron chi connectivity index (χ0n) is 30.2. The molecule has 12 heteroatoms. The molecule has 7 fully saturated rings. The number of hydrogen-bond donors (Lipinski definition) is 6. The van der Waals surface area contributed by atoms with Crippen molar-refractivity contribution in [1.82, 2.24) is 4.90 Å². The van der Waals surface area contributed by atoms with Gasteiger partial charge in [0.15, 0.2) is 17.8 Å². The monoisotopic (exact) mass is 693 g/mol. The second-order valence-corrected chi connectivity index (χ2v) is 18.0. The third kappa shape index (κ3) is 4.56. The number of hydrogen-bond acceptors (Lipinski definition) is 12. The maximum atomic E-state index is 13.5. The number of esters is 2. The van der Waals surface area contributed by atoms with Gasteiger partial charge in [0.25, 0.3) is 0 Å². The van der Waals surface area contributed by atoms with Crippen LogP contribution in [-0.4, -0.2) is 119 Å². The summed E-state index contributed by atoms with van der Waals surface area (Å²) >= 11 is 0. The second kappa shape index (κ2) is 11.3. The Balaban J connectivity index is 1.35. The standard InChI is InChI=1S/C37H59NO11/c1-8-19(4)30(41)48-29-27(40)26-20(17-38-16-18(3)10-11-24(38)34(26,7)44)21-15-35-28(36(21,29)45)22(39)14-23-32(35,5)13-12-25(37(23,46)49-35)47-31(42)33(6,43)9-2/h18-29,39-40,43-46H,8-17H2,1-7H3/t18-,19+,20-,21-,22+,23-,24-,25-,26+,27+,28+,29-,32-,33-,34+,35+,36-,37+/m0/s1. The van der Waals surface area contributed by atoms with E-state index >= 15 is 0 Å². The van der Waals surface area contributed by atoms with E-state index in [1.165, 1.54) is 6.92 Å². The summed E-state index contributed by atoms with van der Waals surface area (Å²) in [6, 6.07) is -0.218. The smallest absolute Gasteiger partial charge is 0.338 e. The number of aliphatic hydroxyl groups excluding tert-OH is 2. The van der Waals surface area contributed by atoms with Crippen molar-refractivity contribution in [1.29, 1.82) is 0 Å². The van der Waals surface area contributed by atoms with Crippen molar-refractivity contribution in [2.24, 2.45) is 46.8 Å². The highest BCUT2D eigenvalue weighted by Gasteiger charge is 2.87. The summed E-state index contributed by atoms with van der Waals surface area (Å²) < 4.78 is 18.9. The van der Waals surface area contributed by atoms with Crippen molar-refractivity contribution < 1.29 is 54.4 Å². The summed E-state index contributed by atoms with van der Waals surface area (Å²) in [5.74, 6) is -7.17. The normalized spacial score (nSPS) is 54.8. The predicted octanol–water partition coefficient (Wildman–Crippen LogP) is 1.49. The van der Waals surface area contributed by atoms with E-state index < -0.39 is 105 Å². The van der Waals surface area contributed by atoms with Gasteiger partial charge in [-0.2, -0.15) is 0 Å². The Kier molecular flexibility index (Phi) is 8.31. The summed E-state index contributed by atoms with van der Waals surface area (Å²) in [6.45, 7) is 13.8. The topological polar surface area (TPSA) is 186 Å². The Labute approximate surface area is 289 Å². The lowest BCUT2D eigenvalue weighted by Gasteiger charge is -2.64. The molecule has 0 aromatic rings. The molecule has 0 radical (unpaired) electrons. The Bertz CT molecular complexity index is 1360. The quantitative estimate of drug-likeness (QED) is 0.221. The van der Waals surface area contributed by atoms with Gasteiger partial charge in [-0.15, -0.1) is 0 Å². The van der Waals surface area contributed by atoms with Gasteiger partial charge in [0.1, 0.15) is 5.60 Å². The molecule has 0 unspecified atom stereocenters. The van der Waals surface area contributed by atoms with Gasteiger partial charge >= 0.3 is 11.9 Å². The van der Waals surface area contributed by atoms with Gasteiger partial charge in [0.05, 0.1) is 29.3 Å². The van der Waals surface area contributed by atoms with E-state index in [0.29, 0.717) is 25.3 Å². The lowest BCUT2D eigenvalue weighted by Crippen LogP contribution is -2.77. The summed E-state index contributed by atoms with van der Waals surface area (Å²) in [4.78, 5) is 28.9. The van der Waals surface area contributed by atoms with Crippen LogP contribution in [0.25, 0.3) is 0 Å². The molecule has 7 aliphatic rings. The minimum absolute atomic E-state index is 0.0202. The Hall–Kier alpha value is -1.38. The molecule has 4 bridgehead atoms. The fourth-order valence-corrected chi connectivity index (χ4v) is 12.5. The first-order valence-electron chi connectivity index (χ1n) is 18.9. The molecular formula is C37H59NO11. The van der Waals surface area contributed by atoms with E-state index in [1.54, 1.807) is 20.8 Å². The fraction of sp³-hybridized carbons (Fsp3) is 0.946. The van der Waals surface area contributed by atoms with Crippen molar-refractivity contribution in [2.75, 3.05) is 13.1 Å². The number of carbonyl (C=O) groups is 2. The third-order valence-corrected chi connectivity index (χ3v) is 15.4. The van der Waals surface area contributed by atoms with Crippen LogP contribution in [0.2, 0.25) is 0 Å². The number of aliphatic hydroxyl groups is 6. The van der Waals surface area contributed by atoms with Crippen molar-refractivity contribution in [2.45, 2.75) is 158 Å². The molecule has 0 aromatic carbocycles. The van der Waals surface area contributed by atoms with E-state index in [-0.39, 0.29) is 31.7 Å². The molecule has 0 aromatic heterocycles. The predicted molar refractivity (Wildman–Crippen MR) is 174 cm³/mol.